The molecular formula is C15H19N3O2. The number of nitro groups is 1. The van der Waals surface area contributed by atoms with Crippen molar-refractivity contribution in [2.45, 2.75) is 32.6 Å². The normalized spacial score (nSPS) is 22.0. The summed E-state index contributed by atoms with van der Waals surface area (Å²) in [4.78, 5) is 10.7. The van der Waals surface area contributed by atoms with Gasteiger partial charge in [0.15, 0.2) is 0 Å². The van der Waals surface area contributed by atoms with Gasteiger partial charge in [-0.1, -0.05) is 32.3 Å². The first-order valence-corrected chi connectivity index (χ1v) is 7.05. The Morgan fingerprint density at radius 2 is 2.20 bits per heavy atom. The van der Waals surface area contributed by atoms with Gasteiger partial charge in [0.2, 0.25) is 0 Å². The molecule has 1 N–H and O–H groups in total. The van der Waals surface area contributed by atoms with Gasteiger partial charge >= 0.3 is 5.69 Å². The maximum atomic E-state index is 11.1. The molecule has 106 valence electrons. The molecule has 0 aliphatic heterocycles. The van der Waals surface area contributed by atoms with E-state index in [-0.39, 0.29) is 11.3 Å². The second kappa shape index (κ2) is 6.38. The van der Waals surface area contributed by atoms with E-state index in [0.717, 1.165) is 6.54 Å². The SMILES string of the molecule is CC1CCCCC1CNc1cccc(C#N)c1[N+](=O)[O-]. The summed E-state index contributed by atoms with van der Waals surface area (Å²) >= 11 is 0. The molecule has 0 aromatic heterocycles. The Balaban J connectivity index is 2.13. The Morgan fingerprint density at radius 3 is 2.85 bits per heavy atom. The van der Waals surface area contributed by atoms with E-state index in [1.807, 2.05) is 6.07 Å². The maximum absolute atomic E-state index is 11.1. The van der Waals surface area contributed by atoms with Crippen LogP contribution in [0.2, 0.25) is 0 Å². The zero-order valence-corrected chi connectivity index (χ0v) is 11.6. The first kappa shape index (κ1) is 14.3. The summed E-state index contributed by atoms with van der Waals surface area (Å²) in [5.41, 5.74) is 0.446. The van der Waals surface area contributed by atoms with Crippen molar-refractivity contribution < 1.29 is 4.92 Å². The lowest BCUT2D eigenvalue weighted by Gasteiger charge is -2.29. The van der Waals surface area contributed by atoms with E-state index >= 15 is 0 Å². The molecule has 0 saturated heterocycles. The monoisotopic (exact) mass is 273 g/mol. The van der Waals surface area contributed by atoms with Crippen LogP contribution in [-0.4, -0.2) is 11.5 Å². The number of anilines is 1. The number of hydrogen-bond acceptors (Lipinski definition) is 4. The highest BCUT2D eigenvalue weighted by atomic mass is 16.6. The summed E-state index contributed by atoms with van der Waals surface area (Å²) in [5.74, 6) is 1.20. The first-order chi connectivity index (χ1) is 9.63. The molecule has 0 amide bonds. The minimum absolute atomic E-state index is 0.108. The number of para-hydroxylation sites is 1. The molecule has 1 fully saturated rings. The van der Waals surface area contributed by atoms with Crippen molar-refractivity contribution in [3.8, 4) is 6.07 Å². The lowest BCUT2D eigenvalue weighted by Crippen LogP contribution is -2.24. The number of nitrogens with one attached hydrogen (secondary N) is 1. The molecule has 2 unspecified atom stereocenters. The highest BCUT2D eigenvalue weighted by Crippen LogP contribution is 2.32. The molecule has 5 nitrogen and oxygen atoms in total. The summed E-state index contributed by atoms with van der Waals surface area (Å²) in [6.45, 7) is 2.97. The number of nitriles is 1. The summed E-state index contributed by atoms with van der Waals surface area (Å²) in [7, 11) is 0. The van der Waals surface area contributed by atoms with E-state index in [1.165, 1.54) is 31.7 Å². The zero-order valence-electron chi connectivity index (χ0n) is 11.6. The molecule has 2 rings (SSSR count). The van der Waals surface area contributed by atoms with Crippen molar-refractivity contribution in [2.75, 3.05) is 11.9 Å². The van der Waals surface area contributed by atoms with Crippen LogP contribution in [0.1, 0.15) is 38.2 Å². The van der Waals surface area contributed by atoms with Crippen LogP contribution in [0.4, 0.5) is 11.4 Å². The van der Waals surface area contributed by atoms with Crippen molar-refractivity contribution in [3.63, 3.8) is 0 Å². The smallest absolute Gasteiger partial charge is 0.309 e. The molecule has 0 spiro atoms. The van der Waals surface area contributed by atoms with E-state index in [2.05, 4.69) is 12.2 Å². The van der Waals surface area contributed by atoms with Gasteiger partial charge < -0.3 is 5.32 Å². The van der Waals surface area contributed by atoms with Gasteiger partial charge in [0.05, 0.1) is 4.92 Å². The predicted octanol–water partition coefficient (Wildman–Crippen LogP) is 3.70. The quantitative estimate of drug-likeness (QED) is 0.670. The van der Waals surface area contributed by atoms with Crippen molar-refractivity contribution in [3.05, 3.63) is 33.9 Å². The molecule has 1 aliphatic carbocycles. The molecule has 0 bridgehead atoms. The Labute approximate surface area is 118 Å². The van der Waals surface area contributed by atoms with Crippen LogP contribution in [0, 0.1) is 33.3 Å². The lowest BCUT2D eigenvalue weighted by molar-refractivity contribution is -0.384. The van der Waals surface area contributed by atoms with E-state index in [4.69, 9.17) is 5.26 Å². The lowest BCUT2D eigenvalue weighted by atomic mass is 9.80. The highest BCUT2D eigenvalue weighted by molar-refractivity contribution is 5.68. The van der Waals surface area contributed by atoms with Crippen LogP contribution < -0.4 is 5.32 Å². The highest BCUT2D eigenvalue weighted by Gasteiger charge is 2.23. The predicted molar refractivity (Wildman–Crippen MR) is 77.4 cm³/mol. The van der Waals surface area contributed by atoms with Crippen LogP contribution >= 0.6 is 0 Å². The molecule has 20 heavy (non-hydrogen) atoms. The Morgan fingerprint density at radius 1 is 1.45 bits per heavy atom. The second-order valence-corrected chi connectivity index (χ2v) is 5.47. The molecule has 1 saturated carbocycles. The third-order valence-electron chi connectivity index (χ3n) is 4.18. The minimum Gasteiger partial charge on any atom is -0.379 e. The average molecular weight is 273 g/mol. The maximum Gasteiger partial charge on any atom is 0.309 e. The molecule has 0 heterocycles. The Bertz CT molecular complexity index is 536. The van der Waals surface area contributed by atoms with E-state index in [0.29, 0.717) is 17.5 Å². The van der Waals surface area contributed by atoms with Gasteiger partial charge in [0.1, 0.15) is 17.3 Å². The Kier molecular flexibility index (Phi) is 4.57. The van der Waals surface area contributed by atoms with Crippen LogP contribution in [0.5, 0.6) is 0 Å². The first-order valence-electron chi connectivity index (χ1n) is 7.05. The number of nitrogens with zero attached hydrogens (tertiary/aromatic N) is 2. The second-order valence-electron chi connectivity index (χ2n) is 5.47. The molecule has 1 aromatic rings. The zero-order chi connectivity index (χ0) is 14.5. The summed E-state index contributed by atoms with van der Waals surface area (Å²) in [6.07, 6.45) is 4.91. The van der Waals surface area contributed by atoms with Gasteiger partial charge in [-0.15, -0.1) is 0 Å². The van der Waals surface area contributed by atoms with Gasteiger partial charge in [-0.05, 0) is 30.4 Å². The number of nitro benzene ring substituents is 1. The van der Waals surface area contributed by atoms with Crippen LogP contribution in [0.3, 0.4) is 0 Å². The van der Waals surface area contributed by atoms with Gasteiger partial charge in [-0.25, -0.2) is 0 Å². The minimum atomic E-state index is -0.481. The molecule has 5 heteroatoms. The molecular weight excluding hydrogens is 254 g/mol. The van der Waals surface area contributed by atoms with Crippen molar-refractivity contribution in [1.29, 1.82) is 5.26 Å². The largest absolute Gasteiger partial charge is 0.379 e. The number of hydrogen-bond donors (Lipinski definition) is 1. The molecule has 2 atom stereocenters. The fourth-order valence-electron chi connectivity index (χ4n) is 2.91. The topological polar surface area (TPSA) is 79.0 Å². The summed E-state index contributed by atoms with van der Waals surface area (Å²) < 4.78 is 0. The van der Waals surface area contributed by atoms with E-state index < -0.39 is 4.92 Å². The average Bonchev–Trinajstić information content (AvgIpc) is 2.45. The van der Waals surface area contributed by atoms with Crippen LogP contribution in [0.15, 0.2) is 18.2 Å². The Hall–Kier alpha value is -2.09. The molecule has 1 aromatic carbocycles. The third kappa shape index (κ3) is 3.08. The van der Waals surface area contributed by atoms with E-state index in [9.17, 15) is 10.1 Å². The van der Waals surface area contributed by atoms with Gasteiger partial charge in [0, 0.05) is 6.54 Å². The van der Waals surface area contributed by atoms with Crippen LogP contribution in [-0.2, 0) is 0 Å². The summed E-state index contributed by atoms with van der Waals surface area (Å²) in [6, 6.07) is 6.71. The van der Waals surface area contributed by atoms with Crippen LogP contribution in [0.25, 0.3) is 0 Å². The molecule has 1 aliphatic rings. The van der Waals surface area contributed by atoms with Crippen molar-refractivity contribution >= 4 is 11.4 Å². The fourth-order valence-corrected chi connectivity index (χ4v) is 2.91. The molecule has 0 radical (unpaired) electrons. The standard InChI is InChI=1S/C15H19N3O2/c1-11-5-2-3-6-13(11)10-17-14-8-4-7-12(9-16)15(14)18(19)20/h4,7-8,11,13,17H,2-3,5-6,10H2,1H3. The van der Waals surface area contributed by atoms with Crippen molar-refractivity contribution in [2.24, 2.45) is 11.8 Å². The number of benzene rings is 1. The van der Waals surface area contributed by atoms with Gasteiger partial charge in [0.25, 0.3) is 0 Å². The van der Waals surface area contributed by atoms with Gasteiger partial charge in [-0.3, -0.25) is 10.1 Å². The summed E-state index contributed by atoms with van der Waals surface area (Å²) in [5, 5.41) is 23.3. The fraction of sp³-hybridized carbons (Fsp3) is 0.533. The van der Waals surface area contributed by atoms with E-state index in [1.54, 1.807) is 12.1 Å². The van der Waals surface area contributed by atoms with Crippen molar-refractivity contribution in [1.82, 2.24) is 0 Å². The number of rotatable bonds is 4. The third-order valence-corrected chi connectivity index (χ3v) is 4.18. The van der Waals surface area contributed by atoms with Gasteiger partial charge in [-0.2, -0.15) is 5.26 Å².